The van der Waals surface area contributed by atoms with Gasteiger partial charge in [0.2, 0.25) is 0 Å². The molecule has 1 atom stereocenters. The summed E-state index contributed by atoms with van der Waals surface area (Å²) >= 11 is 0. The largest absolute Gasteiger partial charge is 0.481 e. The van der Waals surface area contributed by atoms with Crippen LogP contribution in [-0.2, 0) is 4.79 Å². The van der Waals surface area contributed by atoms with E-state index in [4.69, 9.17) is 0 Å². The Hall–Kier alpha value is -1.35. The Morgan fingerprint density at radius 1 is 1.10 bits per heavy atom. The van der Waals surface area contributed by atoms with E-state index in [-0.39, 0.29) is 12.5 Å². The summed E-state index contributed by atoms with van der Waals surface area (Å²) in [5.74, 6) is -0.705. The number of aryl methyl sites for hydroxylation is 3. The quantitative estimate of drug-likeness (QED) is 0.910. The van der Waals surface area contributed by atoms with Gasteiger partial charge in [-0.05, 0) is 63.4 Å². The van der Waals surface area contributed by atoms with Crippen molar-refractivity contribution in [1.82, 2.24) is 4.90 Å². The monoisotopic (exact) mass is 289 g/mol. The molecular weight excluding hydrogens is 262 g/mol. The Morgan fingerprint density at radius 2 is 1.62 bits per heavy atom. The molecule has 1 aliphatic heterocycles. The Kier molecular flexibility index (Phi) is 5.40. The van der Waals surface area contributed by atoms with E-state index >= 15 is 0 Å². The minimum atomic E-state index is -0.705. The third-order valence-corrected chi connectivity index (χ3v) is 4.52. The molecule has 1 unspecified atom stereocenters. The van der Waals surface area contributed by atoms with Crippen molar-refractivity contribution in [1.29, 1.82) is 0 Å². The molecule has 21 heavy (non-hydrogen) atoms. The van der Waals surface area contributed by atoms with E-state index in [1.165, 1.54) is 47.9 Å². The minimum Gasteiger partial charge on any atom is -0.481 e. The lowest BCUT2D eigenvalue weighted by atomic mass is 9.91. The van der Waals surface area contributed by atoms with Crippen LogP contribution in [0.3, 0.4) is 0 Å². The van der Waals surface area contributed by atoms with Gasteiger partial charge < -0.3 is 5.11 Å². The van der Waals surface area contributed by atoms with Crippen molar-refractivity contribution >= 4 is 5.97 Å². The van der Waals surface area contributed by atoms with Crippen LogP contribution in [0, 0.1) is 20.8 Å². The van der Waals surface area contributed by atoms with Gasteiger partial charge in [-0.3, -0.25) is 9.69 Å². The van der Waals surface area contributed by atoms with Gasteiger partial charge in [0.25, 0.3) is 0 Å². The standard InChI is InChI=1S/C18H27NO2/c1-13-10-14(2)18(15(3)11-13)16(12-17(20)21)19-8-6-4-5-7-9-19/h10-11,16H,4-9,12H2,1-3H3,(H,20,21). The molecule has 0 aromatic heterocycles. The van der Waals surface area contributed by atoms with Crippen LogP contribution in [0.2, 0.25) is 0 Å². The van der Waals surface area contributed by atoms with Crippen LogP contribution in [0.25, 0.3) is 0 Å². The number of benzene rings is 1. The van der Waals surface area contributed by atoms with Crippen LogP contribution >= 0.6 is 0 Å². The first-order chi connectivity index (χ1) is 9.99. The van der Waals surface area contributed by atoms with Gasteiger partial charge in [0, 0.05) is 6.04 Å². The number of carboxylic acids is 1. The van der Waals surface area contributed by atoms with Gasteiger partial charge in [-0.15, -0.1) is 0 Å². The fourth-order valence-electron chi connectivity index (χ4n) is 3.70. The second kappa shape index (κ2) is 7.08. The third kappa shape index (κ3) is 4.07. The first-order valence-electron chi connectivity index (χ1n) is 8.02. The van der Waals surface area contributed by atoms with Gasteiger partial charge in [0.05, 0.1) is 6.42 Å². The highest BCUT2D eigenvalue weighted by atomic mass is 16.4. The van der Waals surface area contributed by atoms with E-state index < -0.39 is 5.97 Å². The first kappa shape index (κ1) is 16.0. The number of carboxylic acid groups (broad SMARTS) is 1. The van der Waals surface area contributed by atoms with Gasteiger partial charge in [-0.2, -0.15) is 0 Å². The number of nitrogens with zero attached hydrogens (tertiary/aromatic N) is 1. The first-order valence-corrected chi connectivity index (χ1v) is 8.02. The molecule has 0 bridgehead atoms. The Bertz CT molecular complexity index is 479. The molecule has 3 heteroatoms. The molecule has 1 aromatic carbocycles. The Morgan fingerprint density at radius 3 is 2.10 bits per heavy atom. The van der Waals surface area contributed by atoms with E-state index in [9.17, 15) is 9.90 Å². The van der Waals surface area contributed by atoms with Gasteiger partial charge in [-0.25, -0.2) is 0 Å². The van der Waals surface area contributed by atoms with Crippen molar-refractivity contribution in [3.63, 3.8) is 0 Å². The highest BCUT2D eigenvalue weighted by Gasteiger charge is 2.26. The molecule has 2 rings (SSSR count). The van der Waals surface area contributed by atoms with Crippen LogP contribution in [0.4, 0.5) is 0 Å². The molecule has 1 N–H and O–H groups in total. The number of hydrogen-bond acceptors (Lipinski definition) is 2. The molecule has 116 valence electrons. The fourth-order valence-corrected chi connectivity index (χ4v) is 3.70. The molecule has 3 nitrogen and oxygen atoms in total. The summed E-state index contributed by atoms with van der Waals surface area (Å²) in [6, 6.07) is 4.37. The normalized spacial score (nSPS) is 18.2. The summed E-state index contributed by atoms with van der Waals surface area (Å²) in [7, 11) is 0. The predicted octanol–water partition coefficient (Wildman–Crippen LogP) is 4.00. The number of rotatable bonds is 4. The number of carbonyl (C=O) groups is 1. The molecular formula is C18H27NO2. The maximum atomic E-state index is 11.4. The second-order valence-corrected chi connectivity index (χ2v) is 6.38. The zero-order valence-electron chi connectivity index (χ0n) is 13.5. The zero-order chi connectivity index (χ0) is 15.4. The minimum absolute atomic E-state index is 0.0150. The molecule has 1 heterocycles. The van der Waals surface area contributed by atoms with Crippen LogP contribution in [0.1, 0.15) is 60.4 Å². The van der Waals surface area contributed by atoms with Crippen molar-refractivity contribution in [2.24, 2.45) is 0 Å². The fraction of sp³-hybridized carbons (Fsp3) is 0.611. The lowest BCUT2D eigenvalue weighted by Gasteiger charge is -2.32. The van der Waals surface area contributed by atoms with Gasteiger partial charge >= 0.3 is 5.97 Å². The van der Waals surface area contributed by atoms with E-state index in [0.717, 1.165) is 13.1 Å². The summed E-state index contributed by atoms with van der Waals surface area (Å²) in [5.41, 5.74) is 4.93. The number of hydrogen-bond donors (Lipinski definition) is 1. The number of likely N-dealkylation sites (tertiary alicyclic amines) is 1. The lowest BCUT2D eigenvalue weighted by Crippen LogP contribution is -2.32. The summed E-state index contributed by atoms with van der Waals surface area (Å²) in [6.07, 6.45) is 5.09. The molecule has 1 aliphatic rings. The van der Waals surface area contributed by atoms with E-state index in [1.54, 1.807) is 0 Å². The zero-order valence-corrected chi connectivity index (χ0v) is 13.5. The van der Waals surface area contributed by atoms with E-state index in [1.807, 2.05) is 0 Å². The predicted molar refractivity (Wildman–Crippen MR) is 85.7 cm³/mol. The number of aliphatic carboxylic acids is 1. The Labute approximate surface area is 128 Å². The average Bonchev–Trinajstić information content (AvgIpc) is 2.64. The van der Waals surface area contributed by atoms with Crippen LogP contribution in [0.15, 0.2) is 12.1 Å². The summed E-state index contributed by atoms with van der Waals surface area (Å²) in [5, 5.41) is 9.36. The SMILES string of the molecule is Cc1cc(C)c(C(CC(=O)O)N2CCCCCC2)c(C)c1. The van der Waals surface area contributed by atoms with Crippen molar-refractivity contribution in [3.05, 3.63) is 34.4 Å². The molecule has 1 saturated heterocycles. The smallest absolute Gasteiger partial charge is 0.305 e. The van der Waals surface area contributed by atoms with Crippen LogP contribution < -0.4 is 0 Å². The van der Waals surface area contributed by atoms with Crippen molar-refractivity contribution in [2.45, 2.75) is 58.9 Å². The molecule has 0 amide bonds. The molecule has 1 aromatic rings. The lowest BCUT2D eigenvalue weighted by molar-refractivity contribution is -0.138. The van der Waals surface area contributed by atoms with Crippen molar-refractivity contribution < 1.29 is 9.90 Å². The molecule has 0 radical (unpaired) electrons. The van der Waals surface area contributed by atoms with E-state index in [0.29, 0.717) is 0 Å². The third-order valence-electron chi connectivity index (χ3n) is 4.52. The maximum Gasteiger partial charge on any atom is 0.305 e. The summed E-state index contributed by atoms with van der Waals surface area (Å²) in [4.78, 5) is 13.8. The molecule has 0 aliphatic carbocycles. The molecule has 1 fully saturated rings. The highest BCUT2D eigenvalue weighted by Crippen LogP contribution is 2.32. The van der Waals surface area contributed by atoms with Gasteiger partial charge in [-0.1, -0.05) is 30.5 Å². The van der Waals surface area contributed by atoms with Crippen LogP contribution in [0.5, 0.6) is 0 Å². The summed E-state index contributed by atoms with van der Waals surface area (Å²) in [6.45, 7) is 8.36. The summed E-state index contributed by atoms with van der Waals surface area (Å²) < 4.78 is 0. The Balaban J connectivity index is 2.37. The maximum absolute atomic E-state index is 11.4. The average molecular weight is 289 g/mol. The van der Waals surface area contributed by atoms with Gasteiger partial charge in [0.15, 0.2) is 0 Å². The van der Waals surface area contributed by atoms with E-state index in [2.05, 4.69) is 37.8 Å². The topological polar surface area (TPSA) is 40.5 Å². The highest BCUT2D eigenvalue weighted by molar-refractivity contribution is 5.68. The van der Waals surface area contributed by atoms with Crippen LogP contribution in [-0.4, -0.2) is 29.1 Å². The van der Waals surface area contributed by atoms with Crippen molar-refractivity contribution in [2.75, 3.05) is 13.1 Å². The molecule has 0 spiro atoms. The second-order valence-electron chi connectivity index (χ2n) is 6.38. The van der Waals surface area contributed by atoms with Gasteiger partial charge in [0.1, 0.15) is 0 Å². The molecule has 0 saturated carbocycles. The van der Waals surface area contributed by atoms with Crippen molar-refractivity contribution in [3.8, 4) is 0 Å².